The van der Waals surface area contributed by atoms with Gasteiger partial charge in [-0.2, -0.15) is 0 Å². The maximum absolute atomic E-state index is 12.4. The minimum absolute atomic E-state index is 0.223. The molecule has 0 spiro atoms. The number of nitrogens with zero attached hydrogens (tertiary/aromatic N) is 2. The molecule has 0 aliphatic carbocycles. The van der Waals surface area contributed by atoms with Crippen LogP contribution in [-0.2, 0) is 9.59 Å². The summed E-state index contributed by atoms with van der Waals surface area (Å²) in [7, 11) is 0. The third kappa shape index (κ3) is 4.14. The maximum Gasteiger partial charge on any atom is 0.294 e. The molecular formula is C16H17ClN2O3S. The van der Waals surface area contributed by atoms with E-state index in [1.54, 1.807) is 35.2 Å². The van der Waals surface area contributed by atoms with Crippen molar-refractivity contribution in [3.63, 3.8) is 0 Å². The zero-order chi connectivity index (χ0) is 17.0. The van der Waals surface area contributed by atoms with Crippen molar-refractivity contribution in [2.45, 2.75) is 13.8 Å². The molecule has 0 aromatic heterocycles. The number of thioether (sulfide) groups is 1. The predicted octanol–water partition coefficient (Wildman–Crippen LogP) is 3.24. The molecule has 7 heteroatoms. The number of benzene rings is 1. The number of likely N-dealkylation sites (N-methyl/N-ethyl adjacent to an activating group) is 1. The fourth-order valence-electron chi connectivity index (χ4n) is 2.20. The van der Waals surface area contributed by atoms with Gasteiger partial charge in [0.2, 0.25) is 5.91 Å². The van der Waals surface area contributed by atoms with Crippen molar-refractivity contribution in [3.05, 3.63) is 39.8 Å². The summed E-state index contributed by atoms with van der Waals surface area (Å²) in [6, 6.07) is 6.99. The summed E-state index contributed by atoms with van der Waals surface area (Å²) in [6.45, 7) is 4.58. The van der Waals surface area contributed by atoms with E-state index in [4.69, 9.17) is 11.6 Å². The lowest BCUT2D eigenvalue weighted by Crippen LogP contribution is -2.41. The average molecular weight is 353 g/mol. The van der Waals surface area contributed by atoms with E-state index in [1.807, 2.05) is 13.8 Å². The lowest BCUT2D eigenvalue weighted by molar-refractivity contribution is -0.135. The second kappa shape index (κ2) is 7.66. The van der Waals surface area contributed by atoms with Crippen LogP contribution in [0, 0.1) is 0 Å². The van der Waals surface area contributed by atoms with Crippen molar-refractivity contribution in [1.29, 1.82) is 0 Å². The SMILES string of the molecule is CCN(CC)C(=O)CN1C(=O)S/C(=C\c2cccc(Cl)c2)C1=O. The van der Waals surface area contributed by atoms with E-state index >= 15 is 0 Å². The van der Waals surface area contributed by atoms with Crippen LogP contribution in [0.15, 0.2) is 29.2 Å². The Morgan fingerprint density at radius 3 is 2.61 bits per heavy atom. The molecule has 1 saturated heterocycles. The average Bonchev–Trinajstić information content (AvgIpc) is 2.76. The van der Waals surface area contributed by atoms with Crippen LogP contribution in [0.3, 0.4) is 0 Å². The van der Waals surface area contributed by atoms with Crippen LogP contribution in [0.2, 0.25) is 5.02 Å². The fourth-order valence-corrected chi connectivity index (χ4v) is 3.23. The summed E-state index contributed by atoms with van der Waals surface area (Å²) >= 11 is 6.75. The molecule has 1 aromatic rings. The first kappa shape index (κ1) is 17.6. The van der Waals surface area contributed by atoms with E-state index in [0.29, 0.717) is 23.0 Å². The number of amides is 3. The van der Waals surface area contributed by atoms with Gasteiger partial charge < -0.3 is 4.90 Å². The van der Waals surface area contributed by atoms with Gasteiger partial charge in [-0.25, -0.2) is 0 Å². The Hall–Kier alpha value is -1.79. The smallest absolute Gasteiger partial charge is 0.294 e. The monoisotopic (exact) mass is 352 g/mol. The fraction of sp³-hybridized carbons (Fsp3) is 0.312. The lowest BCUT2D eigenvalue weighted by atomic mass is 10.2. The quantitative estimate of drug-likeness (QED) is 0.763. The topological polar surface area (TPSA) is 57.7 Å². The van der Waals surface area contributed by atoms with E-state index < -0.39 is 11.1 Å². The molecule has 0 bridgehead atoms. The number of carbonyl (C=O) groups is 3. The van der Waals surface area contributed by atoms with E-state index in [-0.39, 0.29) is 12.5 Å². The molecule has 0 unspecified atom stereocenters. The Labute approximate surface area is 144 Å². The van der Waals surface area contributed by atoms with Gasteiger partial charge in [0.25, 0.3) is 11.1 Å². The van der Waals surface area contributed by atoms with Gasteiger partial charge in [0.15, 0.2) is 0 Å². The summed E-state index contributed by atoms with van der Waals surface area (Å²) in [5.41, 5.74) is 0.734. The molecule has 1 aliphatic heterocycles. The highest BCUT2D eigenvalue weighted by atomic mass is 35.5. The van der Waals surface area contributed by atoms with Crippen molar-refractivity contribution in [3.8, 4) is 0 Å². The van der Waals surface area contributed by atoms with E-state index in [1.165, 1.54) is 0 Å². The Morgan fingerprint density at radius 1 is 1.30 bits per heavy atom. The van der Waals surface area contributed by atoms with Gasteiger partial charge in [0.05, 0.1) is 4.91 Å². The van der Waals surface area contributed by atoms with Gasteiger partial charge >= 0.3 is 0 Å². The molecule has 1 fully saturated rings. The standard InChI is InChI=1S/C16H17ClN2O3S/c1-3-18(4-2)14(20)10-19-15(21)13(23-16(19)22)9-11-6-5-7-12(17)8-11/h5-9H,3-4,10H2,1-2H3/b13-9-. The summed E-state index contributed by atoms with van der Waals surface area (Å²) < 4.78 is 0. The molecule has 1 heterocycles. The minimum Gasteiger partial charge on any atom is -0.342 e. The molecule has 2 rings (SSSR count). The largest absolute Gasteiger partial charge is 0.342 e. The second-order valence-corrected chi connectivity index (χ2v) is 6.32. The third-order valence-corrected chi connectivity index (χ3v) is 4.57. The first-order chi connectivity index (χ1) is 11.0. The van der Waals surface area contributed by atoms with Gasteiger partial charge in [-0.1, -0.05) is 23.7 Å². The number of hydrogen-bond donors (Lipinski definition) is 0. The van der Waals surface area contributed by atoms with Gasteiger partial charge in [-0.3, -0.25) is 19.3 Å². The molecule has 0 radical (unpaired) electrons. The Kier molecular flexibility index (Phi) is 5.85. The normalized spacial score (nSPS) is 16.3. The van der Waals surface area contributed by atoms with Crippen molar-refractivity contribution >= 4 is 46.5 Å². The number of rotatable bonds is 5. The van der Waals surface area contributed by atoms with Gasteiger partial charge in [0, 0.05) is 18.1 Å². The molecule has 122 valence electrons. The third-order valence-electron chi connectivity index (χ3n) is 3.43. The molecule has 0 atom stereocenters. The van der Waals surface area contributed by atoms with Gasteiger partial charge in [-0.05, 0) is 49.4 Å². The summed E-state index contributed by atoms with van der Waals surface area (Å²) in [5, 5.41) is 0.124. The Balaban J connectivity index is 2.15. The van der Waals surface area contributed by atoms with Crippen LogP contribution in [0.5, 0.6) is 0 Å². The number of imide groups is 1. The lowest BCUT2D eigenvalue weighted by Gasteiger charge is -2.21. The van der Waals surface area contributed by atoms with Crippen LogP contribution < -0.4 is 0 Å². The molecule has 0 N–H and O–H groups in total. The zero-order valence-electron chi connectivity index (χ0n) is 12.9. The van der Waals surface area contributed by atoms with E-state index in [0.717, 1.165) is 22.2 Å². The molecule has 1 aromatic carbocycles. The minimum atomic E-state index is -0.444. The molecule has 23 heavy (non-hydrogen) atoms. The summed E-state index contributed by atoms with van der Waals surface area (Å²) in [5.74, 6) is -0.679. The van der Waals surface area contributed by atoms with Crippen molar-refractivity contribution < 1.29 is 14.4 Å². The molecule has 5 nitrogen and oxygen atoms in total. The molecule has 0 saturated carbocycles. The van der Waals surface area contributed by atoms with Crippen molar-refractivity contribution in [1.82, 2.24) is 9.80 Å². The molecule has 1 aliphatic rings. The highest BCUT2D eigenvalue weighted by Gasteiger charge is 2.36. The predicted molar refractivity (Wildman–Crippen MR) is 92.1 cm³/mol. The number of carbonyl (C=O) groups excluding carboxylic acids is 3. The van der Waals surface area contributed by atoms with Crippen LogP contribution in [0.25, 0.3) is 6.08 Å². The van der Waals surface area contributed by atoms with Gasteiger partial charge in [0.1, 0.15) is 6.54 Å². The van der Waals surface area contributed by atoms with E-state index in [2.05, 4.69) is 0 Å². The number of halogens is 1. The highest BCUT2D eigenvalue weighted by Crippen LogP contribution is 2.32. The van der Waals surface area contributed by atoms with Crippen LogP contribution in [0.4, 0.5) is 4.79 Å². The van der Waals surface area contributed by atoms with E-state index in [9.17, 15) is 14.4 Å². The molecule has 3 amide bonds. The van der Waals surface area contributed by atoms with Gasteiger partial charge in [-0.15, -0.1) is 0 Å². The first-order valence-electron chi connectivity index (χ1n) is 7.25. The van der Waals surface area contributed by atoms with Crippen LogP contribution >= 0.6 is 23.4 Å². The highest BCUT2D eigenvalue weighted by molar-refractivity contribution is 8.18. The Morgan fingerprint density at radius 2 is 2.00 bits per heavy atom. The summed E-state index contributed by atoms with van der Waals surface area (Å²) in [6.07, 6.45) is 1.61. The van der Waals surface area contributed by atoms with Crippen molar-refractivity contribution in [2.24, 2.45) is 0 Å². The van der Waals surface area contributed by atoms with Crippen LogP contribution in [0.1, 0.15) is 19.4 Å². The van der Waals surface area contributed by atoms with Crippen LogP contribution in [-0.4, -0.2) is 46.5 Å². The molecular weight excluding hydrogens is 336 g/mol. The maximum atomic E-state index is 12.4. The van der Waals surface area contributed by atoms with Crippen molar-refractivity contribution in [2.75, 3.05) is 19.6 Å². The zero-order valence-corrected chi connectivity index (χ0v) is 14.5. The summed E-state index contributed by atoms with van der Waals surface area (Å²) in [4.78, 5) is 39.3. The number of hydrogen-bond acceptors (Lipinski definition) is 4. The second-order valence-electron chi connectivity index (χ2n) is 4.89. The first-order valence-corrected chi connectivity index (χ1v) is 8.44. The Bertz CT molecular complexity index is 671.